The van der Waals surface area contributed by atoms with Gasteiger partial charge in [-0.25, -0.2) is 14.8 Å². The van der Waals surface area contributed by atoms with Crippen molar-refractivity contribution >= 4 is 45.7 Å². The second kappa shape index (κ2) is 8.43. The van der Waals surface area contributed by atoms with E-state index in [-0.39, 0.29) is 0 Å². The van der Waals surface area contributed by atoms with E-state index in [0.29, 0.717) is 16.9 Å². The van der Waals surface area contributed by atoms with Crippen LogP contribution in [0.1, 0.15) is 32.0 Å². The molecule has 0 bridgehead atoms. The van der Waals surface area contributed by atoms with Gasteiger partial charge >= 0.3 is 5.97 Å². The normalized spacial score (nSPS) is 15.5. The molecule has 4 rings (SSSR count). The molecule has 0 spiro atoms. The summed E-state index contributed by atoms with van der Waals surface area (Å²) < 4.78 is 0. The van der Waals surface area contributed by atoms with E-state index in [4.69, 9.17) is 11.6 Å². The number of nitrogens with one attached hydrogen (secondary N) is 1. The molecule has 9 heteroatoms. The van der Waals surface area contributed by atoms with Crippen molar-refractivity contribution in [3.05, 3.63) is 46.9 Å². The number of H-pyrrole nitrogens is 1. The average Bonchev–Trinajstić information content (AvgIpc) is 3.17. The predicted molar refractivity (Wildman–Crippen MR) is 127 cm³/mol. The maximum Gasteiger partial charge on any atom is 0.328 e. The van der Waals surface area contributed by atoms with Gasteiger partial charge in [0.05, 0.1) is 5.39 Å². The van der Waals surface area contributed by atoms with Crippen molar-refractivity contribution in [3.8, 4) is 0 Å². The fourth-order valence-electron chi connectivity index (χ4n) is 4.12. The van der Waals surface area contributed by atoms with Crippen LogP contribution in [0.3, 0.4) is 0 Å². The van der Waals surface area contributed by atoms with Crippen LogP contribution >= 0.6 is 11.6 Å². The molecule has 0 radical (unpaired) electrons. The second-order valence-electron chi connectivity index (χ2n) is 9.04. The number of piperazine rings is 1. The zero-order valence-electron chi connectivity index (χ0n) is 18.7. The van der Waals surface area contributed by atoms with Crippen molar-refractivity contribution < 1.29 is 9.90 Å². The summed E-state index contributed by atoms with van der Waals surface area (Å²) >= 11 is 6.22. The van der Waals surface area contributed by atoms with Gasteiger partial charge < -0.3 is 14.9 Å². The zero-order valence-corrected chi connectivity index (χ0v) is 19.4. The highest BCUT2D eigenvalue weighted by Crippen LogP contribution is 2.38. The summed E-state index contributed by atoms with van der Waals surface area (Å²) in [6, 6.07) is 5.96. The molecular weight excluding hydrogens is 428 g/mol. The summed E-state index contributed by atoms with van der Waals surface area (Å²) in [6.45, 7) is 11.2. The van der Waals surface area contributed by atoms with E-state index in [1.807, 2.05) is 39.0 Å². The summed E-state index contributed by atoms with van der Waals surface area (Å²) in [7, 11) is 0. The molecule has 0 amide bonds. The Morgan fingerprint density at radius 3 is 2.50 bits per heavy atom. The molecule has 0 atom stereocenters. The molecule has 8 nitrogen and oxygen atoms in total. The number of hydrogen-bond donors (Lipinski definition) is 2. The summed E-state index contributed by atoms with van der Waals surface area (Å²) in [5, 5.41) is 18.3. The van der Waals surface area contributed by atoms with Gasteiger partial charge in [-0.1, -0.05) is 38.4 Å². The smallest absolute Gasteiger partial charge is 0.328 e. The number of nitrogens with zero attached hydrogens (tertiary/aromatic N) is 5. The highest BCUT2D eigenvalue weighted by molar-refractivity contribution is 6.30. The largest absolute Gasteiger partial charge is 0.478 e. The number of carboxylic acids is 1. The third kappa shape index (κ3) is 4.27. The Bertz CT molecular complexity index is 1190. The highest BCUT2D eigenvalue weighted by atomic mass is 35.5. The third-order valence-corrected chi connectivity index (χ3v) is 5.99. The van der Waals surface area contributed by atoms with Crippen molar-refractivity contribution in [1.29, 1.82) is 0 Å². The van der Waals surface area contributed by atoms with E-state index in [9.17, 15) is 9.90 Å². The number of allylic oxidation sites excluding steroid dienone is 1. The van der Waals surface area contributed by atoms with Crippen molar-refractivity contribution in [2.24, 2.45) is 5.41 Å². The van der Waals surface area contributed by atoms with Crippen LogP contribution in [-0.4, -0.2) is 57.4 Å². The standard InChI is InChI=1S/C23H27ClN6O2/c1-14-5-6-15(24)11-17(14)29-7-9-30(10-8-29)22-19-20(27-28-21(19)25-13-26-22)16(12-18(31)32)23(2,3)4/h5-6,11-13H,7-10H2,1-4H3,(H,31,32)(H,25,26,27,28)/b16-12-. The number of carboxylic acid groups (broad SMARTS) is 1. The van der Waals surface area contributed by atoms with Crippen LogP contribution in [0, 0.1) is 12.3 Å². The quantitative estimate of drug-likeness (QED) is 0.571. The topological polar surface area (TPSA) is 98.2 Å². The molecule has 168 valence electrons. The Hall–Kier alpha value is -3.13. The summed E-state index contributed by atoms with van der Waals surface area (Å²) in [6.07, 6.45) is 2.75. The zero-order chi connectivity index (χ0) is 23.0. The van der Waals surface area contributed by atoms with Gasteiger partial charge in [-0.05, 0) is 35.6 Å². The van der Waals surface area contributed by atoms with Crippen molar-refractivity contribution in [1.82, 2.24) is 20.2 Å². The number of hydrogen-bond acceptors (Lipinski definition) is 6. The van der Waals surface area contributed by atoms with E-state index >= 15 is 0 Å². The number of halogens is 1. The van der Waals surface area contributed by atoms with Crippen LogP contribution in [0.2, 0.25) is 5.02 Å². The lowest BCUT2D eigenvalue weighted by molar-refractivity contribution is -0.131. The summed E-state index contributed by atoms with van der Waals surface area (Å²) in [5.41, 5.74) is 3.72. The van der Waals surface area contributed by atoms with E-state index in [1.54, 1.807) is 0 Å². The molecule has 1 aliphatic heterocycles. The van der Waals surface area contributed by atoms with Crippen LogP contribution in [0.25, 0.3) is 16.6 Å². The lowest BCUT2D eigenvalue weighted by atomic mass is 9.83. The Labute approximate surface area is 191 Å². The molecule has 32 heavy (non-hydrogen) atoms. The van der Waals surface area contributed by atoms with Gasteiger partial charge in [0.2, 0.25) is 0 Å². The van der Waals surface area contributed by atoms with Gasteiger partial charge in [0.25, 0.3) is 0 Å². The van der Waals surface area contributed by atoms with Crippen molar-refractivity contribution in [2.45, 2.75) is 27.7 Å². The molecule has 0 aliphatic carbocycles. The molecule has 1 saturated heterocycles. The first kappa shape index (κ1) is 22.1. The third-order valence-electron chi connectivity index (χ3n) is 5.76. The summed E-state index contributed by atoms with van der Waals surface area (Å²) in [5.74, 6) is -0.239. The molecule has 1 fully saturated rings. The van der Waals surface area contributed by atoms with Gasteiger partial charge in [-0.2, -0.15) is 5.10 Å². The van der Waals surface area contributed by atoms with Crippen LogP contribution in [-0.2, 0) is 4.79 Å². The maximum absolute atomic E-state index is 11.5. The number of rotatable bonds is 4. The minimum absolute atomic E-state index is 0.420. The lowest BCUT2D eigenvalue weighted by Gasteiger charge is -2.37. The highest BCUT2D eigenvalue weighted by Gasteiger charge is 2.28. The first-order chi connectivity index (χ1) is 15.1. The fourth-order valence-corrected chi connectivity index (χ4v) is 4.29. The monoisotopic (exact) mass is 454 g/mol. The van der Waals surface area contributed by atoms with Gasteiger partial charge in [0.15, 0.2) is 5.65 Å². The van der Waals surface area contributed by atoms with Crippen LogP contribution in [0.4, 0.5) is 11.5 Å². The number of aromatic nitrogens is 4. The minimum Gasteiger partial charge on any atom is -0.478 e. The van der Waals surface area contributed by atoms with Gasteiger partial charge in [0.1, 0.15) is 17.8 Å². The van der Waals surface area contributed by atoms with E-state index in [2.05, 4.69) is 36.9 Å². The molecule has 1 aliphatic rings. The first-order valence-electron chi connectivity index (χ1n) is 10.6. The Morgan fingerprint density at radius 2 is 1.84 bits per heavy atom. The molecular formula is C23H27ClN6O2. The van der Waals surface area contributed by atoms with Crippen LogP contribution in [0.15, 0.2) is 30.6 Å². The SMILES string of the molecule is Cc1ccc(Cl)cc1N1CCN(c2ncnc3[nH]nc(/C(=C/C(=O)O)C(C)(C)C)c23)CC1. The average molecular weight is 455 g/mol. The Morgan fingerprint density at radius 1 is 1.16 bits per heavy atom. The number of aryl methyl sites for hydroxylation is 1. The van der Waals surface area contributed by atoms with E-state index < -0.39 is 11.4 Å². The maximum atomic E-state index is 11.5. The van der Waals surface area contributed by atoms with Crippen LogP contribution < -0.4 is 9.80 Å². The number of aliphatic carboxylic acids is 1. The molecule has 2 N–H and O–H groups in total. The molecule has 0 unspecified atom stereocenters. The van der Waals surface area contributed by atoms with Gasteiger partial charge in [0, 0.05) is 43.0 Å². The number of benzene rings is 1. The first-order valence-corrected chi connectivity index (χ1v) is 10.9. The Kier molecular flexibility index (Phi) is 5.81. The Balaban J connectivity index is 1.68. The van der Waals surface area contributed by atoms with Crippen molar-refractivity contribution in [3.63, 3.8) is 0 Å². The molecule has 3 heterocycles. The molecule has 3 aromatic rings. The minimum atomic E-state index is -1.00. The number of fused-ring (bicyclic) bond motifs is 1. The lowest BCUT2D eigenvalue weighted by Crippen LogP contribution is -2.47. The van der Waals surface area contributed by atoms with Crippen LogP contribution in [0.5, 0.6) is 0 Å². The number of carbonyl (C=O) groups is 1. The number of anilines is 2. The molecule has 0 saturated carbocycles. The fraction of sp³-hybridized carbons (Fsp3) is 0.391. The predicted octanol–water partition coefficient (Wildman–Crippen LogP) is 4.16. The van der Waals surface area contributed by atoms with Gasteiger partial charge in [-0.3, -0.25) is 5.10 Å². The van der Waals surface area contributed by atoms with E-state index in [1.165, 1.54) is 18.0 Å². The van der Waals surface area contributed by atoms with E-state index in [0.717, 1.165) is 48.1 Å². The van der Waals surface area contributed by atoms with Gasteiger partial charge in [-0.15, -0.1) is 0 Å². The molecule has 2 aromatic heterocycles. The number of aromatic amines is 1. The molecule has 1 aromatic carbocycles. The second-order valence-corrected chi connectivity index (χ2v) is 9.48. The summed E-state index contributed by atoms with van der Waals surface area (Å²) in [4.78, 5) is 25.0. The van der Waals surface area contributed by atoms with Crippen molar-refractivity contribution in [2.75, 3.05) is 36.0 Å².